The maximum atomic E-state index is 12.2. The average molecular weight is 260 g/mol. The fraction of sp³-hybridized carbons (Fsp3) is 0.214. The Balaban J connectivity index is 2.12. The van der Waals surface area contributed by atoms with Crippen molar-refractivity contribution in [1.82, 2.24) is 4.90 Å². The summed E-state index contributed by atoms with van der Waals surface area (Å²) in [6.45, 7) is 2.54. The number of carbonyl (C=O) groups is 1. The van der Waals surface area contributed by atoms with E-state index in [1.807, 2.05) is 31.5 Å². The largest absolute Gasteiger partial charge is 0.399 e. The zero-order valence-corrected chi connectivity index (χ0v) is 11.3. The van der Waals surface area contributed by atoms with Gasteiger partial charge in [-0.2, -0.15) is 11.3 Å². The van der Waals surface area contributed by atoms with E-state index in [0.29, 0.717) is 17.8 Å². The van der Waals surface area contributed by atoms with Crippen LogP contribution in [0.3, 0.4) is 0 Å². The van der Waals surface area contributed by atoms with Crippen LogP contribution >= 0.6 is 11.3 Å². The molecule has 4 heteroatoms. The van der Waals surface area contributed by atoms with Gasteiger partial charge in [0.25, 0.3) is 5.91 Å². The van der Waals surface area contributed by atoms with Gasteiger partial charge in [-0.3, -0.25) is 4.79 Å². The maximum Gasteiger partial charge on any atom is 0.253 e. The molecule has 1 aromatic heterocycles. The highest BCUT2D eigenvalue weighted by Crippen LogP contribution is 2.15. The van der Waals surface area contributed by atoms with Crippen LogP contribution in [0, 0.1) is 6.92 Å². The highest BCUT2D eigenvalue weighted by Gasteiger charge is 2.12. The number of hydrogen-bond donors (Lipinski definition) is 1. The van der Waals surface area contributed by atoms with Crippen LogP contribution in [-0.2, 0) is 6.54 Å². The number of rotatable bonds is 3. The highest BCUT2D eigenvalue weighted by molar-refractivity contribution is 7.07. The second kappa shape index (κ2) is 5.23. The van der Waals surface area contributed by atoms with E-state index in [4.69, 9.17) is 5.73 Å². The molecule has 0 saturated heterocycles. The number of hydrogen-bond acceptors (Lipinski definition) is 3. The van der Waals surface area contributed by atoms with Crippen LogP contribution in [-0.4, -0.2) is 17.9 Å². The molecule has 0 unspecified atom stereocenters. The zero-order valence-electron chi connectivity index (χ0n) is 10.5. The molecule has 1 amide bonds. The molecule has 0 spiro atoms. The Hall–Kier alpha value is -1.81. The number of aryl methyl sites for hydroxylation is 1. The minimum Gasteiger partial charge on any atom is -0.399 e. The SMILES string of the molecule is Cc1cc(C(=O)N(C)Cc2ccsc2)ccc1N. The van der Waals surface area contributed by atoms with Crippen molar-refractivity contribution in [1.29, 1.82) is 0 Å². The van der Waals surface area contributed by atoms with Gasteiger partial charge in [-0.15, -0.1) is 0 Å². The van der Waals surface area contributed by atoms with Gasteiger partial charge in [0.05, 0.1) is 0 Å². The fourth-order valence-corrected chi connectivity index (χ4v) is 2.42. The molecular weight excluding hydrogens is 244 g/mol. The molecule has 1 heterocycles. The number of benzene rings is 1. The quantitative estimate of drug-likeness (QED) is 0.862. The first-order chi connectivity index (χ1) is 8.58. The van der Waals surface area contributed by atoms with Crippen molar-refractivity contribution in [3.63, 3.8) is 0 Å². The lowest BCUT2D eigenvalue weighted by molar-refractivity contribution is 0.0785. The second-order valence-electron chi connectivity index (χ2n) is 4.36. The molecule has 0 aliphatic heterocycles. The molecule has 1 aromatic carbocycles. The number of nitrogen functional groups attached to an aromatic ring is 1. The predicted molar refractivity (Wildman–Crippen MR) is 75.7 cm³/mol. The zero-order chi connectivity index (χ0) is 13.1. The minimum absolute atomic E-state index is 0.0179. The molecule has 2 aromatic rings. The number of anilines is 1. The summed E-state index contributed by atoms with van der Waals surface area (Å²) in [6.07, 6.45) is 0. The Morgan fingerprint density at radius 2 is 2.17 bits per heavy atom. The molecule has 0 bridgehead atoms. The van der Waals surface area contributed by atoms with Crippen LogP contribution in [0.1, 0.15) is 21.5 Å². The van der Waals surface area contributed by atoms with Crippen LogP contribution in [0.15, 0.2) is 35.0 Å². The van der Waals surface area contributed by atoms with Crippen LogP contribution in [0.4, 0.5) is 5.69 Å². The number of carbonyl (C=O) groups excluding carboxylic acids is 1. The summed E-state index contributed by atoms with van der Waals surface area (Å²) in [6, 6.07) is 7.42. The highest BCUT2D eigenvalue weighted by atomic mass is 32.1. The van der Waals surface area contributed by atoms with Crippen molar-refractivity contribution < 1.29 is 4.79 Å². The third-order valence-electron chi connectivity index (χ3n) is 2.86. The van der Waals surface area contributed by atoms with E-state index in [-0.39, 0.29) is 5.91 Å². The van der Waals surface area contributed by atoms with Crippen molar-refractivity contribution in [3.8, 4) is 0 Å². The summed E-state index contributed by atoms with van der Waals surface area (Å²) in [5.41, 5.74) is 9.24. The Kier molecular flexibility index (Phi) is 3.67. The predicted octanol–water partition coefficient (Wildman–Crippen LogP) is 2.91. The van der Waals surface area contributed by atoms with Crippen LogP contribution in [0.2, 0.25) is 0 Å². The maximum absolute atomic E-state index is 12.2. The molecule has 2 rings (SSSR count). The Morgan fingerprint density at radius 1 is 1.39 bits per heavy atom. The first-order valence-corrected chi connectivity index (χ1v) is 6.65. The Morgan fingerprint density at radius 3 is 2.78 bits per heavy atom. The van der Waals surface area contributed by atoms with Crippen molar-refractivity contribution in [2.75, 3.05) is 12.8 Å². The minimum atomic E-state index is 0.0179. The summed E-state index contributed by atoms with van der Waals surface area (Å²) < 4.78 is 0. The smallest absolute Gasteiger partial charge is 0.253 e. The third kappa shape index (κ3) is 2.71. The van der Waals surface area contributed by atoms with Crippen LogP contribution < -0.4 is 5.73 Å². The Bertz CT molecular complexity index is 549. The Labute approximate surface area is 111 Å². The standard InChI is InChI=1S/C14H16N2OS/c1-10-7-12(3-4-13(10)15)14(17)16(2)8-11-5-6-18-9-11/h3-7,9H,8,15H2,1-2H3. The van der Waals surface area contributed by atoms with E-state index in [1.165, 1.54) is 0 Å². The molecule has 0 radical (unpaired) electrons. The summed E-state index contributed by atoms with van der Waals surface area (Å²) in [5.74, 6) is 0.0179. The number of amides is 1. The van der Waals surface area contributed by atoms with Gasteiger partial charge in [-0.05, 0) is 53.1 Å². The van der Waals surface area contributed by atoms with Gasteiger partial charge in [0.15, 0.2) is 0 Å². The van der Waals surface area contributed by atoms with Crippen LogP contribution in [0.5, 0.6) is 0 Å². The van der Waals surface area contributed by atoms with Gasteiger partial charge in [0.1, 0.15) is 0 Å². The van der Waals surface area contributed by atoms with E-state index in [9.17, 15) is 4.79 Å². The monoisotopic (exact) mass is 260 g/mol. The van der Waals surface area contributed by atoms with Gasteiger partial charge in [0, 0.05) is 24.8 Å². The average Bonchev–Trinajstić information content (AvgIpc) is 2.84. The van der Waals surface area contributed by atoms with E-state index in [1.54, 1.807) is 28.4 Å². The van der Waals surface area contributed by atoms with E-state index >= 15 is 0 Å². The summed E-state index contributed by atoms with van der Waals surface area (Å²) in [7, 11) is 1.81. The lowest BCUT2D eigenvalue weighted by Gasteiger charge is -2.17. The molecule has 3 nitrogen and oxygen atoms in total. The van der Waals surface area contributed by atoms with E-state index in [2.05, 4.69) is 5.38 Å². The molecule has 0 atom stereocenters. The van der Waals surface area contributed by atoms with Crippen molar-refractivity contribution >= 4 is 22.9 Å². The van der Waals surface area contributed by atoms with Crippen LogP contribution in [0.25, 0.3) is 0 Å². The molecular formula is C14H16N2OS. The molecule has 0 fully saturated rings. The van der Waals surface area contributed by atoms with Gasteiger partial charge in [0.2, 0.25) is 0 Å². The van der Waals surface area contributed by atoms with Crippen molar-refractivity contribution in [2.24, 2.45) is 0 Å². The topological polar surface area (TPSA) is 46.3 Å². The molecule has 0 saturated carbocycles. The third-order valence-corrected chi connectivity index (χ3v) is 3.60. The first-order valence-electron chi connectivity index (χ1n) is 5.70. The van der Waals surface area contributed by atoms with E-state index < -0.39 is 0 Å². The molecule has 18 heavy (non-hydrogen) atoms. The lowest BCUT2D eigenvalue weighted by Crippen LogP contribution is -2.26. The van der Waals surface area contributed by atoms with Gasteiger partial charge < -0.3 is 10.6 Å². The molecule has 0 aliphatic rings. The fourth-order valence-electron chi connectivity index (χ4n) is 1.76. The lowest BCUT2D eigenvalue weighted by atomic mass is 10.1. The number of nitrogens with zero attached hydrogens (tertiary/aromatic N) is 1. The number of thiophene rings is 1. The summed E-state index contributed by atoms with van der Waals surface area (Å²) in [5, 5.41) is 4.07. The van der Waals surface area contributed by atoms with Gasteiger partial charge in [-0.1, -0.05) is 0 Å². The second-order valence-corrected chi connectivity index (χ2v) is 5.14. The molecule has 2 N–H and O–H groups in total. The summed E-state index contributed by atoms with van der Waals surface area (Å²) in [4.78, 5) is 13.9. The van der Waals surface area contributed by atoms with Crippen molar-refractivity contribution in [2.45, 2.75) is 13.5 Å². The normalized spacial score (nSPS) is 10.3. The number of nitrogens with two attached hydrogens (primary N) is 1. The van der Waals surface area contributed by atoms with Gasteiger partial charge in [-0.25, -0.2) is 0 Å². The summed E-state index contributed by atoms with van der Waals surface area (Å²) >= 11 is 1.64. The molecule has 0 aliphatic carbocycles. The van der Waals surface area contributed by atoms with Crippen molar-refractivity contribution in [3.05, 3.63) is 51.7 Å². The first kappa shape index (κ1) is 12.6. The van der Waals surface area contributed by atoms with E-state index in [0.717, 1.165) is 11.1 Å². The molecule has 94 valence electrons. The van der Waals surface area contributed by atoms with Gasteiger partial charge >= 0.3 is 0 Å².